The number of nitrogens with zero attached hydrogens (tertiary/aromatic N) is 1. The Hall–Kier alpha value is -2.40. The molecule has 1 amide bonds. The Morgan fingerprint density at radius 2 is 2.00 bits per heavy atom. The SMILES string of the molecule is COCCNC(=O)c1ccnc(NCCc2ccccc2)c1. The van der Waals surface area contributed by atoms with Gasteiger partial charge in [0.05, 0.1) is 6.61 Å². The summed E-state index contributed by atoms with van der Waals surface area (Å²) in [5.41, 5.74) is 1.86. The maximum atomic E-state index is 11.9. The Morgan fingerprint density at radius 1 is 1.18 bits per heavy atom. The standard InChI is InChI=1S/C17H21N3O2/c1-22-12-11-20-17(21)15-8-10-19-16(13-15)18-9-7-14-5-3-2-4-6-14/h2-6,8,10,13H,7,9,11-12H2,1H3,(H,18,19)(H,20,21). The second-order valence-electron chi connectivity index (χ2n) is 4.84. The molecule has 0 saturated carbocycles. The van der Waals surface area contributed by atoms with Crippen LogP contribution in [0.4, 0.5) is 5.82 Å². The van der Waals surface area contributed by atoms with Crippen molar-refractivity contribution in [2.45, 2.75) is 6.42 Å². The van der Waals surface area contributed by atoms with E-state index in [9.17, 15) is 4.79 Å². The van der Waals surface area contributed by atoms with Crippen LogP contribution < -0.4 is 10.6 Å². The van der Waals surface area contributed by atoms with Gasteiger partial charge in [-0.2, -0.15) is 0 Å². The van der Waals surface area contributed by atoms with Crippen LogP contribution in [0.15, 0.2) is 48.7 Å². The molecule has 0 saturated heterocycles. The molecule has 5 heteroatoms. The largest absolute Gasteiger partial charge is 0.383 e. The third-order valence-corrected chi connectivity index (χ3v) is 3.18. The molecule has 1 aromatic carbocycles. The Labute approximate surface area is 130 Å². The third kappa shape index (κ3) is 5.18. The Kier molecular flexibility index (Phi) is 6.39. The number of carbonyl (C=O) groups excluding carboxylic acids is 1. The van der Waals surface area contributed by atoms with Crippen molar-refractivity contribution in [2.75, 3.05) is 32.1 Å². The van der Waals surface area contributed by atoms with E-state index in [1.165, 1.54) is 5.56 Å². The molecule has 2 aromatic rings. The van der Waals surface area contributed by atoms with Crippen molar-refractivity contribution in [3.8, 4) is 0 Å². The quantitative estimate of drug-likeness (QED) is 0.733. The minimum atomic E-state index is -0.120. The number of anilines is 1. The lowest BCUT2D eigenvalue weighted by molar-refractivity contribution is 0.0937. The number of carbonyl (C=O) groups is 1. The molecule has 2 rings (SSSR count). The number of hydrogen-bond acceptors (Lipinski definition) is 4. The van der Waals surface area contributed by atoms with E-state index in [1.54, 1.807) is 25.4 Å². The predicted octanol–water partition coefficient (Wildman–Crippen LogP) is 2.11. The van der Waals surface area contributed by atoms with Crippen LogP contribution in [-0.2, 0) is 11.2 Å². The van der Waals surface area contributed by atoms with Gasteiger partial charge in [0.2, 0.25) is 0 Å². The van der Waals surface area contributed by atoms with E-state index in [2.05, 4.69) is 27.8 Å². The fourth-order valence-electron chi connectivity index (χ4n) is 2.02. The highest BCUT2D eigenvalue weighted by Gasteiger charge is 2.06. The van der Waals surface area contributed by atoms with Crippen molar-refractivity contribution in [1.82, 2.24) is 10.3 Å². The van der Waals surface area contributed by atoms with Crippen LogP contribution in [0.25, 0.3) is 0 Å². The van der Waals surface area contributed by atoms with Gasteiger partial charge >= 0.3 is 0 Å². The third-order valence-electron chi connectivity index (χ3n) is 3.18. The van der Waals surface area contributed by atoms with Crippen LogP contribution in [0, 0.1) is 0 Å². The number of rotatable bonds is 8. The number of nitrogens with one attached hydrogen (secondary N) is 2. The van der Waals surface area contributed by atoms with Gasteiger partial charge in [0.15, 0.2) is 0 Å². The van der Waals surface area contributed by atoms with Gasteiger partial charge in [0.25, 0.3) is 5.91 Å². The topological polar surface area (TPSA) is 63.2 Å². The fraction of sp³-hybridized carbons (Fsp3) is 0.294. The summed E-state index contributed by atoms with van der Waals surface area (Å²) in [6.45, 7) is 1.76. The number of methoxy groups -OCH3 is 1. The van der Waals surface area contributed by atoms with E-state index in [1.807, 2.05) is 18.2 Å². The molecule has 0 bridgehead atoms. The van der Waals surface area contributed by atoms with Crippen LogP contribution in [0.5, 0.6) is 0 Å². The van der Waals surface area contributed by atoms with Gasteiger partial charge in [-0.1, -0.05) is 30.3 Å². The number of ether oxygens (including phenoxy) is 1. The summed E-state index contributed by atoms with van der Waals surface area (Å²) in [6, 6.07) is 13.7. The van der Waals surface area contributed by atoms with Crippen LogP contribution >= 0.6 is 0 Å². The summed E-state index contributed by atoms with van der Waals surface area (Å²) in [5.74, 6) is 0.584. The molecule has 0 atom stereocenters. The summed E-state index contributed by atoms with van der Waals surface area (Å²) >= 11 is 0. The summed E-state index contributed by atoms with van der Waals surface area (Å²) in [4.78, 5) is 16.2. The molecule has 116 valence electrons. The van der Waals surface area contributed by atoms with Gasteiger partial charge in [-0.05, 0) is 24.1 Å². The van der Waals surface area contributed by atoms with E-state index in [-0.39, 0.29) is 5.91 Å². The highest BCUT2D eigenvalue weighted by atomic mass is 16.5. The molecule has 0 spiro atoms. The van der Waals surface area contributed by atoms with Gasteiger partial charge in [-0.25, -0.2) is 4.98 Å². The molecule has 1 aromatic heterocycles. The number of pyridine rings is 1. The smallest absolute Gasteiger partial charge is 0.251 e. The number of amides is 1. The second kappa shape index (κ2) is 8.79. The minimum absolute atomic E-state index is 0.120. The Balaban J connectivity index is 1.84. The molecule has 0 radical (unpaired) electrons. The van der Waals surface area contributed by atoms with E-state index < -0.39 is 0 Å². The predicted molar refractivity (Wildman–Crippen MR) is 87.1 cm³/mol. The molecule has 0 aliphatic rings. The normalized spacial score (nSPS) is 10.2. The Morgan fingerprint density at radius 3 is 2.77 bits per heavy atom. The van der Waals surface area contributed by atoms with E-state index >= 15 is 0 Å². The molecular weight excluding hydrogens is 278 g/mol. The van der Waals surface area contributed by atoms with Crippen LogP contribution in [0.3, 0.4) is 0 Å². The van der Waals surface area contributed by atoms with Crippen molar-refractivity contribution < 1.29 is 9.53 Å². The maximum absolute atomic E-state index is 11.9. The van der Waals surface area contributed by atoms with Gasteiger partial charge in [0.1, 0.15) is 5.82 Å². The first kappa shape index (κ1) is 16.0. The van der Waals surface area contributed by atoms with Gasteiger partial charge < -0.3 is 15.4 Å². The van der Waals surface area contributed by atoms with E-state index in [0.29, 0.717) is 24.5 Å². The van der Waals surface area contributed by atoms with Gasteiger partial charge in [-0.3, -0.25) is 4.79 Å². The first-order chi connectivity index (χ1) is 10.8. The fourth-order valence-corrected chi connectivity index (χ4v) is 2.02. The number of benzene rings is 1. The molecule has 2 N–H and O–H groups in total. The Bertz CT molecular complexity index is 587. The maximum Gasteiger partial charge on any atom is 0.251 e. The van der Waals surface area contributed by atoms with Crippen LogP contribution in [-0.4, -0.2) is 37.7 Å². The van der Waals surface area contributed by atoms with Crippen LogP contribution in [0.1, 0.15) is 15.9 Å². The van der Waals surface area contributed by atoms with Crippen molar-refractivity contribution in [1.29, 1.82) is 0 Å². The van der Waals surface area contributed by atoms with Crippen LogP contribution in [0.2, 0.25) is 0 Å². The lowest BCUT2D eigenvalue weighted by Crippen LogP contribution is -2.27. The van der Waals surface area contributed by atoms with E-state index in [0.717, 1.165) is 13.0 Å². The summed E-state index contributed by atoms with van der Waals surface area (Å²) in [6.07, 6.45) is 2.54. The summed E-state index contributed by atoms with van der Waals surface area (Å²) in [5, 5.41) is 6.03. The first-order valence-electron chi connectivity index (χ1n) is 7.30. The van der Waals surface area contributed by atoms with Gasteiger partial charge in [0, 0.05) is 32.0 Å². The monoisotopic (exact) mass is 299 g/mol. The van der Waals surface area contributed by atoms with Crippen molar-refractivity contribution >= 4 is 11.7 Å². The summed E-state index contributed by atoms with van der Waals surface area (Å²) in [7, 11) is 1.60. The molecule has 22 heavy (non-hydrogen) atoms. The van der Waals surface area contributed by atoms with Crippen molar-refractivity contribution in [3.63, 3.8) is 0 Å². The molecule has 0 aliphatic heterocycles. The second-order valence-corrected chi connectivity index (χ2v) is 4.84. The van der Waals surface area contributed by atoms with Gasteiger partial charge in [-0.15, -0.1) is 0 Å². The zero-order valence-electron chi connectivity index (χ0n) is 12.7. The molecular formula is C17H21N3O2. The molecule has 1 heterocycles. The van der Waals surface area contributed by atoms with E-state index in [4.69, 9.17) is 4.74 Å². The minimum Gasteiger partial charge on any atom is -0.383 e. The molecule has 0 aliphatic carbocycles. The lowest BCUT2D eigenvalue weighted by atomic mass is 10.1. The highest BCUT2D eigenvalue weighted by molar-refractivity contribution is 5.94. The number of aromatic nitrogens is 1. The zero-order valence-corrected chi connectivity index (χ0v) is 12.7. The average Bonchev–Trinajstić information content (AvgIpc) is 2.56. The first-order valence-corrected chi connectivity index (χ1v) is 7.30. The zero-order chi connectivity index (χ0) is 15.6. The summed E-state index contributed by atoms with van der Waals surface area (Å²) < 4.78 is 4.91. The highest BCUT2D eigenvalue weighted by Crippen LogP contribution is 2.07. The average molecular weight is 299 g/mol. The molecule has 0 unspecified atom stereocenters. The van der Waals surface area contributed by atoms with Crippen molar-refractivity contribution in [3.05, 3.63) is 59.8 Å². The molecule has 0 fully saturated rings. The van der Waals surface area contributed by atoms with Crippen molar-refractivity contribution in [2.24, 2.45) is 0 Å². The number of hydrogen-bond donors (Lipinski definition) is 2. The lowest BCUT2D eigenvalue weighted by Gasteiger charge is -2.08. The molecule has 5 nitrogen and oxygen atoms in total.